The van der Waals surface area contributed by atoms with Crippen molar-refractivity contribution in [2.24, 2.45) is 0 Å². The second-order valence-electron chi connectivity index (χ2n) is 7.96. The fraction of sp³-hybridized carbons (Fsp3) is 0.400. The van der Waals surface area contributed by atoms with Gasteiger partial charge in [0.25, 0.3) is 0 Å². The summed E-state index contributed by atoms with van der Waals surface area (Å²) in [6, 6.07) is 18.5. The second-order valence-corrected chi connectivity index (χ2v) is 7.96. The number of allylic oxidation sites excluding steroid dienone is 1. The van der Waals surface area contributed by atoms with E-state index in [1.54, 1.807) is 0 Å². The molecule has 0 saturated heterocycles. The van der Waals surface area contributed by atoms with Gasteiger partial charge in [-0.2, -0.15) is 0 Å². The van der Waals surface area contributed by atoms with Crippen molar-refractivity contribution in [2.75, 3.05) is 18.1 Å². The molecule has 0 fully saturated rings. The fourth-order valence-electron chi connectivity index (χ4n) is 4.23. The Bertz CT molecular complexity index is 847. The molecule has 0 saturated carbocycles. The highest BCUT2D eigenvalue weighted by Crippen LogP contribution is 2.35. The van der Waals surface area contributed by atoms with Crippen LogP contribution in [0.2, 0.25) is 0 Å². The summed E-state index contributed by atoms with van der Waals surface area (Å²) < 4.78 is 5.97. The second kappa shape index (κ2) is 9.64. The molecule has 2 aromatic carbocycles. The molecule has 0 spiro atoms. The Morgan fingerprint density at radius 1 is 1.07 bits per heavy atom. The van der Waals surface area contributed by atoms with Crippen molar-refractivity contribution >= 4 is 11.6 Å². The lowest BCUT2D eigenvalue weighted by atomic mass is 9.97. The first-order valence-electron chi connectivity index (χ1n) is 10.8. The van der Waals surface area contributed by atoms with Crippen LogP contribution in [0, 0.1) is 0 Å². The maximum atomic E-state index is 12.7. The molecule has 4 heteroatoms. The summed E-state index contributed by atoms with van der Waals surface area (Å²) in [4.78, 5) is 15.0. The molecule has 4 rings (SSSR count). The van der Waals surface area contributed by atoms with Crippen LogP contribution in [0.5, 0.6) is 5.75 Å². The van der Waals surface area contributed by atoms with Crippen molar-refractivity contribution in [2.45, 2.75) is 51.1 Å². The summed E-state index contributed by atoms with van der Waals surface area (Å²) >= 11 is 0. The van der Waals surface area contributed by atoms with Crippen LogP contribution in [-0.2, 0) is 11.3 Å². The van der Waals surface area contributed by atoms with E-state index >= 15 is 0 Å². The summed E-state index contributed by atoms with van der Waals surface area (Å²) in [7, 11) is 0. The third-order valence-corrected chi connectivity index (χ3v) is 5.82. The zero-order valence-corrected chi connectivity index (χ0v) is 17.0. The molecule has 1 aliphatic carbocycles. The molecular formula is C25H30N2O2. The number of fused-ring (bicyclic) bond motifs is 1. The first-order valence-corrected chi connectivity index (χ1v) is 10.8. The monoisotopic (exact) mass is 390 g/mol. The minimum Gasteiger partial charge on any atom is -0.489 e. The molecule has 1 atom stereocenters. The van der Waals surface area contributed by atoms with E-state index in [1.807, 2.05) is 24.3 Å². The van der Waals surface area contributed by atoms with Crippen LogP contribution >= 0.6 is 0 Å². The van der Waals surface area contributed by atoms with Gasteiger partial charge < -0.3 is 15.0 Å². The molecule has 0 radical (unpaired) electrons. The van der Waals surface area contributed by atoms with Gasteiger partial charge in [0.1, 0.15) is 12.4 Å². The van der Waals surface area contributed by atoms with Gasteiger partial charge in [-0.05, 0) is 49.8 Å². The smallest absolute Gasteiger partial charge is 0.222 e. The average Bonchev–Trinajstić information content (AvgIpc) is 2.77. The molecule has 1 N–H and O–H groups in total. The van der Waals surface area contributed by atoms with Crippen molar-refractivity contribution in [1.82, 2.24) is 5.32 Å². The van der Waals surface area contributed by atoms with E-state index in [4.69, 9.17) is 4.74 Å². The Hall–Kier alpha value is -2.75. The Labute approximate surface area is 173 Å². The molecule has 1 aliphatic heterocycles. The number of hydrogen-bond acceptors (Lipinski definition) is 3. The lowest BCUT2D eigenvalue weighted by Crippen LogP contribution is -2.45. The SMILES string of the molecule is O=C(CC1COc2ccccc2N1Cc1ccccc1)NCCC1=CCCCC1. The van der Waals surface area contributed by atoms with Gasteiger partial charge >= 0.3 is 0 Å². The van der Waals surface area contributed by atoms with Crippen molar-refractivity contribution in [3.63, 3.8) is 0 Å². The van der Waals surface area contributed by atoms with Crippen LogP contribution in [0.3, 0.4) is 0 Å². The molecule has 2 aromatic rings. The summed E-state index contributed by atoms with van der Waals surface area (Å²) in [5, 5.41) is 3.12. The van der Waals surface area contributed by atoms with E-state index in [1.165, 1.54) is 36.8 Å². The molecule has 0 aromatic heterocycles. The number of amides is 1. The van der Waals surface area contributed by atoms with E-state index < -0.39 is 0 Å². The lowest BCUT2D eigenvalue weighted by Gasteiger charge is -2.38. The Kier molecular flexibility index (Phi) is 6.50. The number of carbonyl (C=O) groups is 1. The number of carbonyl (C=O) groups excluding carboxylic acids is 1. The quantitative estimate of drug-likeness (QED) is 0.687. The van der Waals surface area contributed by atoms with Gasteiger partial charge in [0.2, 0.25) is 5.91 Å². The predicted molar refractivity (Wildman–Crippen MR) is 117 cm³/mol. The minimum atomic E-state index is 0.0269. The van der Waals surface area contributed by atoms with E-state index in [0.717, 1.165) is 30.9 Å². The molecule has 152 valence electrons. The molecule has 4 nitrogen and oxygen atoms in total. The fourth-order valence-corrected chi connectivity index (χ4v) is 4.23. The summed E-state index contributed by atoms with van der Waals surface area (Å²) in [5.41, 5.74) is 3.80. The Balaban J connectivity index is 1.39. The normalized spacial score (nSPS) is 18.4. The van der Waals surface area contributed by atoms with Gasteiger partial charge in [0.05, 0.1) is 18.2 Å². The summed E-state index contributed by atoms with van der Waals surface area (Å²) in [5.74, 6) is 0.997. The van der Waals surface area contributed by atoms with E-state index in [0.29, 0.717) is 13.0 Å². The van der Waals surface area contributed by atoms with Crippen LogP contribution < -0.4 is 15.0 Å². The maximum Gasteiger partial charge on any atom is 0.222 e. The highest BCUT2D eigenvalue weighted by atomic mass is 16.5. The Morgan fingerprint density at radius 2 is 1.90 bits per heavy atom. The number of nitrogens with zero attached hydrogens (tertiary/aromatic N) is 1. The molecule has 2 aliphatic rings. The minimum absolute atomic E-state index is 0.0269. The standard InChI is InChI=1S/C25H30N2O2/c28-25(26-16-15-20-9-3-1-4-10-20)17-22-19-29-24-14-8-7-13-23(24)27(22)18-21-11-5-2-6-12-21/h2,5-9,11-14,22H,1,3-4,10,15-19H2,(H,26,28). The van der Waals surface area contributed by atoms with Gasteiger partial charge in [-0.1, -0.05) is 54.1 Å². The number of rotatable bonds is 7. The van der Waals surface area contributed by atoms with Gasteiger partial charge in [-0.25, -0.2) is 0 Å². The van der Waals surface area contributed by atoms with Crippen LogP contribution in [0.1, 0.15) is 44.1 Å². The molecule has 0 bridgehead atoms. The maximum absolute atomic E-state index is 12.7. The van der Waals surface area contributed by atoms with Crippen molar-refractivity contribution in [3.8, 4) is 5.75 Å². The van der Waals surface area contributed by atoms with Crippen LogP contribution in [-0.4, -0.2) is 25.1 Å². The summed E-state index contributed by atoms with van der Waals surface area (Å²) in [6.07, 6.45) is 8.74. The number of ether oxygens (including phenoxy) is 1. The Morgan fingerprint density at radius 3 is 2.72 bits per heavy atom. The van der Waals surface area contributed by atoms with Crippen LogP contribution in [0.15, 0.2) is 66.2 Å². The third kappa shape index (κ3) is 5.20. The average molecular weight is 391 g/mol. The molecule has 1 unspecified atom stereocenters. The predicted octanol–water partition coefficient (Wildman–Crippen LogP) is 4.85. The van der Waals surface area contributed by atoms with Gasteiger partial charge in [-0.3, -0.25) is 4.79 Å². The molecule has 1 heterocycles. The number of anilines is 1. The number of para-hydroxylation sites is 2. The zero-order valence-electron chi connectivity index (χ0n) is 17.0. The van der Waals surface area contributed by atoms with E-state index in [2.05, 4.69) is 46.6 Å². The summed E-state index contributed by atoms with van der Waals surface area (Å²) in [6.45, 7) is 2.03. The molecular weight excluding hydrogens is 360 g/mol. The number of nitrogens with one attached hydrogen (secondary N) is 1. The highest BCUT2D eigenvalue weighted by molar-refractivity contribution is 5.77. The topological polar surface area (TPSA) is 41.6 Å². The van der Waals surface area contributed by atoms with Gasteiger partial charge in [-0.15, -0.1) is 0 Å². The molecule has 1 amide bonds. The van der Waals surface area contributed by atoms with Crippen molar-refractivity contribution < 1.29 is 9.53 Å². The largest absolute Gasteiger partial charge is 0.489 e. The van der Waals surface area contributed by atoms with E-state index in [9.17, 15) is 4.79 Å². The first-order chi connectivity index (χ1) is 14.3. The van der Waals surface area contributed by atoms with E-state index in [-0.39, 0.29) is 11.9 Å². The lowest BCUT2D eigenvalue weighted by molar-refractivity contribution is -0.121. The number of hydrogen-bond donors (Lipinski definition) is 1. The van der Waals surface area contributed by atoms with Crippen molar-refractivity contribution in [1.29, 1.82) is 0 Å². The van der Waals surface area contributed by atoms with Crippen molar-refractivity contribution in [3.05, 3.63) is 71.8 Å². The van der Waals surface area contributed by atoms with Crippen LogP contribution in [0.4, 0.5) is 5.69 Å². The third-order valence-electron chi connectivity index (χ3n) is 5.82. The van der Waals surface area contributed by atoms with Crippen LogP contribution in [0.25, 0.3) is 0 Å². The molecule has 29 heavy (non-hydrogen) atoms. The number of benzene rings is 2. The zero-order chi connectivity index (χ0) is 19.9. The highest BCUT2D eigenvalue weighted by Gasteiger charge is 2.29. The first kappa shape index (κ1) is 19.6. The van der Waals surface area contributed by atoms with Gasteiger partial charge in [0.15, 0.2) is 0 Å². The van der Waals surface area contributed by atoms with Gasteiger partial charge in [0, 0.05) is 13.1 Å².